The lowest BCUT2D eigenvalue weighted by Gasteiger charge is -2.34. The quantitative estimate of drug-likeness (QED) is 0.728. The maximum absolute atomic E-state index is 12.2. The van der Waals surface area contributed by atoms with E-state index in [1.54, 1.807) is 0 Å². The van der Waals surface area contributed by atoms with E-state index in [1.165, 1.54) is 0 Å². The van der Waals surface area contributed by atoms with Gasteiger partial charge in [-0.3, -0.25) is 4.79 Å². The molecule has 1 atom stereocenters. The van der Waals surface area contributed by atoms with E-state index in [4.69, 9.17) is 4.74 Å². The molecule has 2 saturated heterocycles. The van der Waals surface area contributed by atoms with Crippen molar-refractivity contribution in [3.63, 3.8) is 0 Å². The van der Waals surface area contributed by atoms with Crippen LogP contribution in [0.4, 0.5) is 0 Å². The lowest BCUT2D eigenvalue weighted by atomic mass is 9.95. The first kappa shape index (κ1) is 12.4. The number of alkyl halides is 1. The van der Waals surface area contributed by atoms with Gasteiger partial charge >= 0.3 is 0 Å². The SMILES string of the molecule is O=C(C1CCCOC1)N1CCC(CBr)CC1. The molecule has 0 saturated carbocycles. The van der Waals surface area contributed by atoms with Crippen LogP contribution in [0.25, 0.3) is 0 Å². The molecule has 2 fully saturated rings. The molecule has 0 aromatic heterocycles. The van der Waals surface area contributed by atoms with Crippen molar-refractivity contribution in [1.82, 2.24) is 4.90 Å². The van der Waals surface area contributed by atoms with E-state index in [0.29, 0.717) is 12.5 Å². The molecule has 2 rings (SSSR count). The summed E-state index contributed by atoms with van der Waals surface area (Å²) >= 11 is 3.52. The number of piperidine rings is 1. The predicted octanol–water partition coefficient (Wildman–Crippen LogP) is 2.05. The van der Waals surface area contributed by atoms with Crippen LogP contribution in [0.2, 0.25) is 0 Å². The maximum atomic E-state index is 12.2. The molecule has 0 N–H and O–H groups in total. The van der Waals surface area contributed by atoms with Crippen LogP contribution < -0.4 is 0 Å². The van der Waals surface area contributed by atoms with Gasteiger partial charge in [0.1, 0.15) is 0 Å². The molecule has 16 heavy (non-hydrogen) atoms. The fourth-order valence-corrected chi connectivity index (χ4v) is 3.15. The van der Waals surface area contributed by atoms with E-state index in [1.807, 2.05) is 4.90 Å². The van der Waals surface area contributed by atoms with Crippen LogP contribution >= 0.6 is 15.9 Å². The summed E-state index contributed by atoms with van der Waals surface area (Å²) < 4.78 is 5.38. The Balaban J connectivity index is 1.81. The average Bonchev–Trinajstić information content (AvgIpc) is 2.39. The van der Waals surface area contributed by atoms with Crippen LogP contribution in [0, 0.1) is 11.8 Å². The first-order chi connectivity index (χ1) is 7.81. The molecular formula is C12H20BrNO2. The van der Waals surface area contributed by atoms with Crippen LogP contribution in [0.15, 0.2) is 0 Å². The van der Waals surface area contributed by atoms with Crippen molar-refractivity contribution >= 4 is 21.8 Å². The van der Waals surface area contributed by atoms with Crippen LogP contribution in [0.1, 0.15) is 25.7 Å². The van der Waals surface area contributed by atoms with E-state index < -0.39 is 0 Å². The van der Waals surface area contributed by atoms with Crippen molar-refractivity contribution in [1.29, 1.82) is 0 Å². The molecule has 1 amide bonds. The summed E-state index contributed by atoms with van der Waals surface area (Å²) in [6.07, 6.45) is 4.33. The zero-order valence-corrected chi connectivity index (χ0v) is 11.2. The third-order valence-corrected chi connectivity index (χ3v) is 4.57. The molecule has 3 nitrogen and oxygen atoms in total. The monoisotopic (exact) mass is 289 g/mol. The minimum absolute atomic E-state index is 0.134. The van der Waals surface area contributed by atoms with Crippen molar-refractivity contribution in [2.24, 2.45) is 11.8 Å². The normalized spacial score (nSPS) is 28.1. The highest BCUT2D eigenvalue weighted by molar-refractivity contribution is 9.09. The van der Waals surface area contributed by atoms with Gasteiger partial charge in [-0.1, -0.05) is 15.9 Å². The summed E-state index contributed by atoms with van der Waals surface area (Å²) in [5.41, 5.74) is 0. The second kappa shape index (κ2) is 6.01. The lowest BCUT2D eigenvalue weighted by molar-refractivity contribution is -0.141. The number of hydrogen-bond donors (Lipinski definition) is 0. The fourth-order valence-electron chi connectivity index (χ4n) is 2.50. The average molecular weight is 290 g/mol. The second-order valence-corrected chi connectivity index (χ2v) is 5.48. The molecule has 92 valence electrons. The minimum Gasteiger partial charge on any atom is -0.381 e. The van der Waals surface area contributed by atoms with Crippen LogP contribution in [0.5, 0.6) is 0 Å². The molecule has 0 spiro atoms. The standard InChI is InChI=1S/C12H20BrNO2/c13-8-10-3-5-14(6-4-10)12(15)11-2-1-7-16-9-11/h10-11H,1-9H2. The molecular weight excluding hydrogens is 270 g/mol. The predicted molar refractivity (Wildman–Crippen MR) is 66.6 cm³/mol. The molecule has 0 bridgehead atoms. The largest absolute Gasteiger partial charge is 0.381 e. The maximum Gasteiger partial charge on any atom is 0.228 e. The number of amides is 1. The van der Waals surface area contributed by atoms with Crippen LogP contribution in [-0.2, 0) is 9.53 Å². The Bertz CT molecular complexity index is 233. The van der Waals surface area contributed by atoms with Gasteiger partial charge in [-0.05, 0) is 31.6 Å². The van der Waals surface area contributed by atoms with Crippen molar-refractivity contribution < 1.29 is 9.53 Å². The molecule has 0 radical (unpaired) electrons. The zero-order chi connectivity index (χ0) is 11.4. The summed E-state index contributed by atoms with van der Waals surface area (Å²) in [4.78, 5) is 14.2. The summed E-state index contributed by atoms with van der Waals surface area (Å²) in [6, 6.07) is 0. The molecule has 1 unspecified atom stereocenters. The van der Waals surface area contributed by atoms with E-state index in [9.17, 15) is 4.79 Å². The Hall–Kier alpha value is -0.0900. The van der Waals surface area contributed by atoms with Crippen molar-refractivity contribution in [2.75, 3.05) is 31.6 Å². The van der Waals surface area contributed by atoms with E-state index in [0.717, 1.165) is 56.6 Å². The third-order valence-electron chi connectivity index (χ3n) is 3.65. The van der Waals surface area contributed by atoms with Gasteiger partial charge in [0.15, 0.2) is 0 Å². The third kappa shape index (κ3) is 2.98. The van der Waals surface area contributed by atoms with Gasteiger partial charge in [-0.2, -0.15) is 0 Å². The van der Waals surface area contributed by atoms with Crippen LogP contribution in [0.3, 0.4) is 0 Å². The van der Waals surface area contributed by atoms with Gasteiger partial charge in [0.05, 0.1) is 12.5 Å². The zero-order valence-electron chi connectivity index (χ0n) is 9.66. The Kier molecular flexibility index (Phi) is 4.65. The van der Waals surface area contributed by atoms with Gasteiger partial charge in [0, 0.05) is 25.0 Å². The van der Waals surface area contributed by atoms with Gasteiger partial charge in [-0.25, -0.2) is 0 Å². The smallest absolute Gasteiger partial charge is 0.228 e. The van der Waals surface area contributed by atoms with E-state index in [-0.39, 0.29) is 5.92 Å². The highest BCUT2D eigenvalue weighted by atomic mass is 79.9. The van der Waals surface area contributed by atoms with Crippen molar-refractivity contribution in [2.45, 2.75) is 25.7 Å². The van der Waals surface area contributed by atoms with Gasteiger partial charge < -0.3 is 9.64 Å². The summed E-state index contributed by atoms with van der Waals surface area (Å²) in [5.74, 6) is 1.22. The molecule has 2 heterocycles. The topological polar surface area (TPSA) is 29.5 Å². The number of likely N-dealkylation sites (tertiary alicyclic amines) is 1. The Labute approximate surface area is 106 Å². The summed E-state index contributed by atoms with van der Waals surface area (Å²) in [5, 5.41) is 1.07. The molecule has 2 aliphatic rings. The van der Waals surface area contributed by atoms with Gasteiger partial charge in [0.2, 0.25) is 5.91 Å². The summed E-state index contributed by atoms with van der Waals surface area (Å²) in [7, 11) is 0. The molecule has 4 heteroatoms. The number of halogens is 1. The first-order valence-electron chi connectivity index (χ1n) is 6.23. The highest BCUT2D eigenvalue weighted by Gasteiger charge is 2.29. The number of ether oxygens (including phenoxy) is 1. The molecule has 2 aliphatic heterocycles. The fraction of sp³-hybridized carbons (Fsp3) is 0.917. The lowest BCUT2D eigenvalue weighted by Crippen LogP contribution is -2.44. The second-order valence-electron chi connectivity index (χ2n) is 4.84. The number of nitrogens with zero attached hydrogens (tertiary/aromatic N) is 1. The van der Waals surface area contributed by atoms with E-state index in [2.05, 4.69) is 15.9 Å². The van der Waals surface area contributed by atoms with Crippen LogP contribution in [-0.4, -0.2) is 42.4 Å². The Morgan fingerprint density at radius 3 is 2.62 bits per heavy atom. The van der Waals surface area contributed by atoms with Crippen molar-refractivity contribution in [3.05, 3.63) is 0 Å². The highest BCUT2D eigenvalue weighted by Crippen LogP contribution is 2.23. The summed E-state index contributed by atoms with van der Waals surface area (Å²) in [6.45, 7) is 3.34. The van der Waals surface area contributed by atoms with Crippen molar-refractivity contribution in [3.8, 4) is 0 Å². The number of carbonyl (C=O) groups excluding carboxylic acids is 1. The number of carbonyl (C=O) groups is 1. The van der Waals surface area contributed by atoms with Gasteiger partial charge in [0.25, 0.3) is 0 Å². The number of rotatable bonds is 2. The number of hydrogen-bond acceptors (Lipinski definition) is 2. The first-order valence-corrected chi connectivity index (χ1v) is 7.36. The molecule has 0 aromatic rings. The Morgan fingerprint density at radius 1 is 1.31 bits per heavy atom. The minimum atomic E-state index is 0.134. The molecule has 0 aliphatic carbocycles. The molecule has 0 aromatic carbocycles. The Morgan fingerprint density at radius 2 is 2.06 bits per heavy atom. The van der Waals surface area contributed by atoms with Gasteiger partial charge in [-0.15, -0.1) is 0 Å². The van der Waals surface area contributed by atoms with E-state index >= 15 is 0 Å².